The highest BCUT2D eigenvalue weighted by Gasteiger charge is 2.18. The lowest BCUT2D eigenvalue weighted by molar-refractivity contribution is -0.116. The zero-order chi connectivity index (χ0) is 21.9. The van der Waals surface area contributed by atoms with Crippen LogP contribution < -0.4 is 10.1 Å². The summed E-state index contributed by atoms with van der Waals surface area (Å²) in [5.41, 5.74) is 1.28. The monoisotopic (exact) mass is 414 g/mol. The average Bonchev–Trinajstić information content (AvgIpc) is 3.14. The van der Waals surface area contributed by atoms with Crippen LogP contribution in [0.15, 0.2) is 47.0 Å². The van der Waals surface area contributed by atoms with Crippen LogP contribution in [0.4, 0.5) is 14.5 Å². The van der Waals surface area contributed by atoms with Gasteiger partial charge in [0.1, 0.15) is 17.4 Å². The van der Waals surface area contributed by atoms with Crippen molar-refractivity contribution in [1.82, 2.24) is 4.98 Å². The highest BCUT2D eigenvalue weighted by Crippen LogP contribution is 2.32. The van der Waals surface area contributed by atoms with Crippen LogP contribution in [0.5, 0.6) is 5.75 Å². The molecule has 0 bridgehead atoms. The van der Waals surface area contributed by atoms with Gasteiger partial charge in [0, 0.05) is 12.8 Å². The number of amides is 1. The van der Waals surface area contributed by atoms with Gasteiger partial charge in [-0.1, -0.05) is 32.9 Å². The maximum atomic E-state index is 13.9. The van der Waals surface area contributed by atoms with Gasteiger partial charge in [-0.15, -0.1) is 0 Å². The van der Waals surface area contributed by atoms with Crippen LogP contribution in [0.2, 0.25) is 0 Å². The molecule has 0 aliphatic rings. The molecule has 0 spiro atoms. The fourth-order valence-corrected chi connectivity index (χ4v) is 2.98. The number of rotatable bonds is 6. The zero-order valence-corrected chi connectivity index (χ0v) is 17.4. The number of benzene rings is 2. The number of carbonyl (C=O) groups excluding carboxylic acids is 1. The van der Waals surface area contributed by atoms with E-state index < -0.39 is 11.6 Å². The summed E-state index contributed by atoms with van der Waals surface area (Å²) in [5.74, 6) is -0.956. The van der Waals surface area contributed by atoms with Crippen molar-refractivity contribution in [2.75, 3.05) is 12.4 Å². The van der Waals surface area contributed by atoms with E-state index in [-0.39, 0.29) is 41.4 Å². The highest BCUT2D eigenvalue weighted by molar-refractivity contribution is 5.92. The molecule has 3 aromatic rings. The topological polar surface area (TPSA) is 64.4 Å². The third-order valence-corrected chi connectivity index (χ3v) is 4.67. The lowest BCUT2D eigenvalue weighted by Crippen LogP contribution is -2.16. The van der Waals surface area contributed by atoms with Crippen molar-refractivity contribution in [3.63, 3.8) is 0 Å². The third kappa shape index (κ3) is 4.84. The minimum absolute atomic E-state index is 0.0134. The predicted octanol–water partition coefficient (Wildman–Crippen LogP) is 5.50. The number of oxazole rings is 1. The van der Waals surface area contributed by atoms with Gasteiger partial charge < -0.3 is 14.5 Å². The van der Waals surface area contributed by atoms with Crippen molar-refractivity contribution in [3.05, 3.63) is 65.7 Å². The average molecular weight is 414 g/mol. The second-order valence-electron chi connectivity index (χ2n) is 7.93. The summed E-state index contributed by atoms with van der Waals surface area (Å²) in [5, 5.41) is 2.85. The number of ether oxygens (including phenoxy) is 1. The number of methoxy groups -OCH3 is 1. The first kappa shape index (κ1) is 21.5. The summed E-state index contributed by atoms with van der Waals surface area (Å²) in [4.78, 5) is 16.5. The largest absolute Gasteiger partial charge is 0.495 e. The van der Waals surface area contributed by atoms with Crippen LogP contribution in [-0.4, -0.2) is 18.0 Å². The van der Waals surface area contributed by atoms with E-state index in [1.807, 2.05) is 18.2 Å². The predicted molar refractivity (Wildman–Crippen MR) is 110 cm³/mol. The molecule has 7 heteroatoms. The molecule has 158 valence electrons. The van der Waals surface area contributed by atoms with E-state index in [0.29, 0.717) is 11.4 Å². The standard InChI is InChI=1S/C23H24F2N2O3/c1-23(2,3)14-8-9-18(29-4)17(12-14)27-20(28)10-11-21-26-13-19(30-21)22-15(24)6-5-7-16(22)25/h5-9,12-13H,10-11H2,1-4H3,(H,27,28). The number of aromatic nitrogens is 1. The number of hydrogen-bond acceptors (Lipinski definition) is 4. The second kappa shape index (κ2) is 8.65. The van der Waals surface area contributed by atoms with Gasteiger partial charge >= 0.3 is 0 Å². The molecule has 1 amide bonds. The summed E-state index contributed by atoms with van der Waals surface area (Å²) in [6.45, 7) is 6.25. The molecule has 5 nitrogen and oxygen atoms in total. The van der Waals surface area contributed by atoms with E-state index in [2.05, 4.69) is 31.1 Å². The minimum atomic E-state index is -0.735. The van der Waals surface area contributed by atoms with Gasteiger partial charge in [0.15, 0.2) is 11.7 Å². The Morgan fingerprint density at radius 1 is 1.17 bits per heavy atom. The normalized spacial score (nSPS) is 11.4. The molecular weight excluding hydrogens is 390 g/mol. The van der Waals surface area contributed by atoms with Crippen molar-refractivity contribution in [2.45, 2.75) is 39.0 Å². The van der Waals surface area contributed by atoms with Crippen molar-refractivity contribution in [1.29, 1.82) is 0 Å². The Morgan fingerprint density at radius 2 is 1.87 bits per heavy atom. The Bertz CT molecular complexity index is 1030. The Balaban J connectivity index is 1.68. The maximum Gasteiger partial charge on any atom is 0.224 e. The number of hydrogen-bond donors (Lipinski definition) is 1. The highest BCUT2D eigenvalue weighted by atomic mass is 19.1. The van der Waals surface area contributed by atoms with Gasteiger partial charge in [-0.05, 0) is 35.2 Å². The molecule has 3 rings (SSSR count). The Morgan fingerprint density at radius 3 is 2.50 bits per heavy atom. The summed E-state index contributed by atoms with van der Waals surface area (Å²) < 4.78 is 38.6. The molecule has 0 aliphatic heterocycles. The summed E-state index contributed by atoms with van der Waals surface area (Å²) >= 11 is 0. The number of nitrogens with one attached hydrogen (secondary N) is 1. The van der Waals surface area contributed by atoms with Gasteiger partial charge in [0.05, 0.1) is 24.6 Å². The molecule has 0 saturated carbocycles. The van der Waals surface area contributed by atoms with Gasteiger partial charge in [-0.2, -0.15) is 0 Å². The Labute approximate surface area is 174 Å². The van der Waals surface area contributed by atoms with Crippen LogP contribution in [-0.2, 0) is 16.6 Å². The molecule has 30 heavy (non-hydrogen) atoms. The van der Waals surface area contributed by atoms with Gasteiger partial charge in [0.25, 0.3) is 0 Å². The molecule has 0 radical (unpaired) electrons. The smallest absolute Gasteiger partial charge is 0.224 e. The van der Waals surface area contributed by atoms with Crippen molar-refractivity contribution in [2.24, 2.45) is 0 Å². The molecule has 1 heterocycles. The Hall–Kier alpha value is -3.22. The van der Waals surface area contributed by atoms with E-state index in [4.69, 9.17) is 9.15 Å². The fraction of sp³-hybridized carbons (Fsp3) is 0.304. The molecule has 2 aromatic carbocycles. The molecule has 0 saturated heterocycles. The minimum Gasteiger partial charge on any atom is -0.495 e. The van der Waals surface area contributed by atoms with Gasteiger partial charge in [0.2, 0.25) is 5.91 Å². The molecular formula is C23H24F2N2O3. The van der Waals surface area contributed by atoms with Crippen LogP contribution in [0.1, 0.15) is 38.6 Å². The maximum absolute atomic E-state index is 13.9. The first-order valence-electron chi connectivity index (χ1n) is 9.56. The summed E-state index contributed by atoms with van der Waals surface area (Å²) in [6, 6.07) is 9.24. The molecule has 1 aromatic heterocycles. The molecule has 0 aliphatic carbocycles. The number of nitrogens with zero attached hydrogens (tertiary/aromatic N) is 1. The van der Waals surface area contributed by atoms with Gasteiger partial charge in [-0.3, -0.25) is 4.79 Å². The van der Waals surface area contributed by atoms with Crippen LogP contribution >= 0.6 is 0 Å². The summed E-state index contributed by atoms with van der Waals surface area (Å²) in [7, 11) is 1.54. The molecule has 1 N–H and O–H groups in total. The second-order valence-corrected chi connectivity index (χ2v) is 7.93. The van der Waals surface area contributed by atoms with Crippen LogP contribution in [0.25, 0.3) is 11.3 Å². The number of halogens is 2. The lowest BCUT2D eigenvalue weighted by Gasteiger charge is -2.21. The Kier molecular flexibility index (Phi) is 6.20. The summed E-state index contributed by atoms with van der Waals surface area (Å²) in [6.07, 6.45) is 1.52. The van der Waals surface area contributed by atoms with Crippen molar-refractivity contribution in [3.8, 4) is 17.1 Å². The lowest BCUT2D eigenvalue weighted by atomic mass is 9.87. The SMILES string of the molecule is COc1ccc(C(C)(C)C)cc1NC(=O)CCc1ncc(-c2c(F)cccc2F)o1. The number of carbonyl (C=O) groups is 1. The van der Waals surface area contributed by atoms with E-state index >= 15 is 0 Å². The molecule has 0 unspecified atom stereocenters. The quantitative estimate of drug-likeness (QED) is 0.579. The first-order valence-corrected chi connectivity index (χ1v) is 9.56. The van der Waals surface area contributed by atoms with Crippen molar-refractivity contribution >= 4 is 11.6 Å². The first-order chi connectivity index (χ1) is 14.2. The van der Waals surface area contributed by atoms with E-state index in [1.54, 1.807) is 0 Å². The zero-order valence-electron chi connectivity index (χ0n) is 17.4. The fourth-order valence-electron chi connectivity index (χ4n) is 2.98. The molecule has 0 fully saturated rings. The van der Waals surface area contributed by atoms with E-state index in [9.17, 15) is 13.6 Å². The third-order valence-electron chi connectivity index (χ3n) is 4.67. The van der Waals surface area contributed by atoms with Crippen LogP contribution in [0.3, 0.4) is 0 Å². The number of aryl methyl sites for hydroxylation is 1. The number of anilines is 1. The van der Waals surface area contributed by atoms with Crippen LogP contribution in [0, 0.1) is 11.6 Å². The van der Waals surface area contributed by atoms with Gasteiger partial charge in [-0.25, -0.2) is 13.8 Å². The van der Waals surface area contributed by atoms with E-state index in [1.165, 1.54) is 19.4 Å². The molecule has 0 atom stereocenters. The van der Waals surface area contributed by atoms with E-state index in [0.717, 1.165) is 17.7 Å². The van der Waals surface area contributed by atoms with Crippen molar-refractivity contribution < 1.29 is 22.7 Å².